The van der Waals surface area contributed by atoms with Crippen molar-refractivity contribution in [3.8, 4) is 5.75 Å². The maximum absolute atomic E-state index is 11.3. The molecule has 0 saturated heterocycles. The Kier molecular flexibility index (Phi) is 3.63. The number of hydrogen-bond acceptors (Lipinski definition) is 4. The van der Waals surface area contributed by atoms with Gasteiger partial charge < -0.3 is 5.11 Å². The van der Waals surface area contributed by atoms with E-state index in [0.717, 1.165) is 9.79 Å². The van der Waals surface area contributed by atoms with Crippen molar-refractivity contribution in [2.24, 2.45) is 0 Å². The van der Waals surface area contributed by atoms with Crippen LogP contribution in [0.4, 0.5) is 0 Å². The third-order valence-corrected chi connectivity index (χ3v) is 4.43. The van der Waals surface area contributed by atoms with Gasteiger partial charge in [0.05, 0.1) is 4.90 Å². The summed E-state index contributed by atoms with van der Waals surface area (Å²) >= 11 is 1.47. The summed E-state index contributed by atoms with van der Waals surface area (Å²) < 4.78 is 22.6. The van der Waals surface area contributed by atoms with Gasteiger partial charge in [-0.2, -0.15) is 0 Å². The van der Waals surface area contributed by atoms with E-state index in [2.05, 4.69) is 0 Å². The molecule has 0 bridgehead atoms. The molecule has 2 aromatic rings. The van der Waals surface area contributed by atoms with Gasteiger partial charge in [0.25, 0.3) is 0 Å². The third-order valence-electron chi connectivity index (χ3n) is 2.31. The van der Waals surface area contributed by atoms with Crippen molar-refractivity contribution in [1.29, 1.82) is 0 Å². The van der Waals surface area contributed by atoms with Crippen LogP contribution in [0.25, 0.3) is 0 Å². The second kappa shape index (κ2) is 5.04. The van der Waals surface area contributed by atoms with Crippen LogP contribution >= 0.6 is 11.8 Å². The Labute approximate surface area is 110 Å². The standard InChI is InChI=1S/C13H12O3S2/c1-18(15,16)13-7-5-11(6-8-13)17-12-4-2-3-10(14)9-12/h2-9,14H,1H3. The normalized spacial score (nSPS) is 11.4. The van der Waals surface area contributed by atoms with Crippen molar-refractivity contribution < 1.29 is 13.5 Å². The molecule has 0 unspecified atom stereocenters. The first-order chi connectivity index (χ1) is 8.45. The smallest absolute Gasteiger partial charge is 0.175 e. The number of rotatable bonds is 3. The number of hydrogen-bond donors (Lipinski definition) is 1. The fourth-order valence-electron chi connectivity index (χ4n) is 1.44. The molecule has 3 nitrogen and oxygen atoms in total. The first kappa shape index (κ1) is 13.0. The van der Waals surface area contributed by atoms with Crippen LogP contribution in [0.3, 0.4) is 0 Å². The van der Waals surface area contributed by atoms with Crippen LogP contribution in [0.1, 0.15) is 0 Å². The molecular formula is C13H12O3S2. The Hall–Kier alpha value is -1.46. The Morgan fingerprint density at radius 3 is 2.22 bits per heavy atom. The van der Waals surface area contributed by atoms with Gasteiger partial charge in [0, 0.05) is 16.0 Å². The minimum Gasteiger partial charge on any atom is -0.508 e. The van der Waals surface area contributed by atoms with E-state index in [9.17, 15) is 13.5 Å². The highest BCUT2D eigenvalue weighted by Crippen LogP contribution is 2.30. The lowest BCUT2D eigenvalue weighted by Gasteiger charge is -2.03. The zero-order valence-electron chi connectivity index (χ0n) is 9.70. The third kappa shape index (κ3) is 3.27. The lowest BCUT2D eigenvalue weighted by Crippen LogP contribution is -1.95. The zero-order chi connectivity index (χ0) is 13.2. The molecular weight excluding hydrogens is 268 g/mol. The largest absolute Gasteiger partial charge is 0.508 e. The monoisotopic (exact) mass is 280 g/mol. The Morgan fingerprint density at radius 2 is 1.67 bits per heavy atom. The fourth-order valence-corrected chi connectivity index (χ4v) is 2.94. The molecule has 0 saturated carbocycles. The van der Waals surface area contributed by atoms with Gasteiger partial charge >= 0.3 is 0 Å². The molecule has 0 aliphatic carbocycles. The summed E-state index contributed by atoms with van der Waals surface area (Å²) in [5, 5.41) is 9.35. The first-order valence-electron chi connectivity index (χ1n) is 5.22. The second-order valence-corrected chi connectivity index (χ2v) is 7.01. The van der Waals surface area contributed by atoms with Gasteiger partial charge in [-0.1, -0.05) is 17.8 Å². The molecule has 0 fully saturated rings. The maximum atomic E-state index is 11.3. The van der Waals surface area contributed by atoms with Crippen molar-refractivity contribution in [2.75, 3.05) is 6.26 Å². The SMILES string of the molecule is CS(=O)(=O)c1ccc(Sc2cccc(O)c2)cc1. The molecule has 0 heterocycles. The van der Waals surface area contributed by atoms with Gasteiger partial charge in [0.1, 0.15) is 5.75 Å². The molecule has 0 spiro atoms. The molecule has 1 N–H and O–H groups in total. The molecule has 0 aromatic heterocycles. The quantitative estimate of drug-likeness (QED) is 0.939. The predicted molar refractivity (Wildman–Crippen MR) is 71.8 cm³/mol. The van der Waals surface area contributed by atoms with Crippen molar-refractivity contribution in [2.45, 2.75) is 14.7 Å². The van der Waals surface area contributed by atoms with Crippen LogP contribution in [0, 0.1) is 0 Å². The van der Waals surface area contributed by atoms with Gasteiger partial charge in [-0.15, -0.1) is 0 Å². The molecule has 2 rings (SSSR count). The number of aromatic hydroxyl groups is 1. The van der Waals surface area contributed by atoms with E-state index in [1.807, 2.05) is 6.07 Å². The minimum absolute atomic E-state index is 0.216. The summed E-state index contributed by atoms with van der Waals surface area (Å²) in [6.07, 6.45) is 1.18. The van der Waals surface area contributed by atoms with E-state index < -0.39 is 9.84 Å². The van der Waals surface area contributed by atoms with Crippen molar-refractivity contribution in [3.63, 3.8) is 0 Å². The van der Waals surface area contributed by atoms with E-state index in [0.29, 0.717) is 4.90 Å². The average Bonchev–Trinajstić information content (AvgIpc) is 2.28. The number of sulfone groups is 1. The second-order valence-electron chi connectivity index (χ2n) is 3.84. The van der Waals surface area contributed by atoms with Crippen LogP contribution < -0.4 is 0 Å². The van der Waals surface area contributed by atoms with Crippen LogP contribution in [0.5, 0.6) is 5.75 Å². The van der Waals surface area contributed by atoms with Crippen LogP contribution in [-0.4, -0.2) is 19.8 Å². The summed E-state index contributed by atoms with van der Waals surface area (Å²) in [5.41, 5.74) is 0. The van der Waals surface area contributed by atoms with Crippen LogP contribution in [-0.2, 0) is 9.84 Å². The zero-order valence-corrected chi connectivity index (χ0v) is 11.3. The Morgan fingerprint density at radius 1 is 1.00 bits per heavy atom. The lowest BCUT2D eigenvalue weighted by atomic mass is 10.3. The van der Waals surface area contributed by atoms with E-state index in [1.165, 1.54) is 18.0 Å². The van der Waals surface area contributed by atoms with Gasteiger partial charge in [-0.05, 0) is 42.5 Å². The van der Waals surface area contributed by atoms with E-state index in [4.69, 9.17) is 0 Å². The highest BCUT2D eigenvalue weighted by atomic mass is 32.2. The summed E-state index contributed by atoms with van der Waals surface area (Å²) in [5.74, 6) is 0.216. The molecule has 5 heteroatoms. The summed E-state index contributed by atoms with van der Waals surface area (Å²) in [7, 11) is -3.15. The molecule has 2 aromatic carbocycles. The molecule has 0 aliphatic rings. The number of phenolic OH excluding ortho intramolecular Hbond substituents is 1. The van der Waals surface area contributed by atoms with Crippen molar-refractivity contribution >= 4 is 21.6 Å². The predicted octanol–water partition coefficient (Wildman–Crippen LogP) is 2.95. The van der Waals surface area contributed by atoms with Gasteiger partial charge in [-0.25, -0.2) is 8.42 Å². The Balaban J connectivity index is 2.21. The first-order valence-corrected chi connectivity index (χ1v) is 7.93. The molecule has 18 heavy (non-hydrogen) atoms. The molecule has 0 amide bonds. The topological polar surface area (TPSA) is 54.4 Å². The van der Waals surface area contributed by atoms with Crippen molar-refractivity contribution in [3.05, 3.63) is 48.5 Å². The fraction of sp³-hybridized carbons (Fsp3) is 0.0769. The van der Waals surface area contributed by atoms with E-state index in [1.54, 1.807) is 42.5 Å². The maximum Gasteiger partial charge on any atom is 0.175 e. The lowest BCUT2D eigenvalue weighted by molar-refractivity contribution is 0.474. The summed E-state index contributed by atoms with van der Waals surface area (Å²) in [6, 6.07) is 13.6. The molecule has 0 atom stereocenters. The van der Waals surface area contributed by atoms with Gasteiger partial charge in [-0.3, -0.25) is 0 Å². The molecule has 94 valence electrons. The molecule has 0 aliphatic heterocycles. The average molecular weight is 280 g/mol. The summed E-state index contributed by atoms with van der Waals surface area (Å²) in [6.45, 7) is 0. The van der Waals surface area contributed by atoms with Gasteiger partial charge in [0.2, 0.25) is 0 Å². The van der Waals surface area contributed by atoms with Gasteiger partial charge in [0.15, 0.2) is 9.84 Å². The minimum atomic E-state index is -3.15. The highest BCUT2D eigenvalue weighted by Gasteiger charge is 2.06. The van der Waals surface area contributed by atoms with Crippen LogP contribution in [0.2, 0.25) is 0 Å². The number of benzene rings is 2. The van der Waals surface area contributed by atoms with E-state index in [-0.39, 0.29) is 5.75 Å². The molecule has 0 radical (unpaired) electrons. The van der Waals surface area contributed by atoms with Crippen molar-refractivity contribution in [1.82, 2.24) is 0 Å². The highest BCUT2D eigenvalue weighted by molar-refractivity contribution is 7.99. The van der Waals surface area contributed by atoms with Crippen LogP contribution in [0.15, 0.2) is 63.2 Å². The van der Waals surface area contributed by atoms with E-state index >= 15 is 0 Å². The summed E-state index contributed by atoms with van der Waals surface area (Å²) in [4.78, 5) is 2.14. The number of phenols is 1. The Bertz CT molecular complexity index is 646.